The molecule has 0 atom stereocenters. The monoisotopic (exact) mass is 276 g/mol. The number of piperidine rings is 1. The molecule has 1 aliphatic rings. The molecule has 4 heteroatoms. The maximum absolute atomic E-state index is 12.2. The Morgan fingerprint density at radius 1 is 1.35 bits per heavy atom. The van der Waals surface area contributed by atoms with Gasteiger partial charge < -0.3 is 15.0 Å². The van der Waals surface area contributed by atoms with Gasteiger partial charge in [0.05, 0.1) is 6.10 Å². The number of likely N-dealkylation sites (tertiary alicyclic amines) is 1. The van der Waals surface area contributed by atoms with Crippen LogP contribution in [0.15, 0.2) is 24.3 Å². The lowest BCUT2D eigenvalue weighted by molar-refractivity contribution is -0.121. The van der Waals surface area contributed by atoms with Crippen molar-refractivity contribution >= 4 is 11.6 Å². The van der Waals surface area contributed by atoms with E-state index in [0.29, 0.717) is 0 Å². The number of ether oxygens (including phenoxy) is 1. The van der Waals surface area contributed by atoms with Gasteiger partial charge >= 0.3 is 0 Å². The number of nitrogens with one attached hydrogen (secondary N) is 1. The predicted molar refractivity (Wildman–Crippen MR) is 81.1 cm³/mol. The minimum absolute atomic E-state index is 0.125. The first-order valence-electron chi connectivity index (χ1n) is 7.30. The smallest absolute Gasteiger partial charge is 0.227 e. The molecule has 1 heterocycles. The fraction of sp³-hybridized carbons (Fsp3) is 0.562. The van der Waals surface area contributed by atoms with Crippen molar-refractivity contribution in [3.05, 3.63) is 24.3 Å². The lowest BCUT2D eigenvalue weighted by Gasteiger charge is -2.28. The summed E-state index contributed by atoms with van der Waals surface area (Å²) in [7, 11) is 2.10. The Morgan fingerprint density at radius 3 is 2.70 bits per heavy atom. The van der Waals surface area contributed by atoms with E-state index in [2.05, 4.69) is 17.3 Å². The highest BCUT2D eigenvalue weighted by molar-refractivity contribution is 5.92. The highest BCUT2D eigenvalue weighted by atomic mass is 16.5. The third-order valence-electron chi connectivity index (χ3n) is 3.56. The summed E-state index contributed by atoms with van der Waals surface area (Å²) in [6, 6.07) is 7.60. The third-order valence-corrected chi connectivity index (χ3v) is 3.56. The summed E-state index contributed by atoms with van der Waals surface area (Å²) in [5, 5.41) is 3.00. The number of hydrogen-bond acceptors (Lipinski definition) is 3. The Hall–Kier alpha value is -1.55. The lowest BCUT2D eigenvalue weighted by Crippen LogP contribution is -2.35. The van der Waals surface area contributed by atoms with Gasteiger partial charge in [0.25, 0.3) is 0 Å². The number of benzene rings is 1. The molecule has 1 saturated heterocycles. The first kappa shape index (κ1) is 14.9. The van der Waals surface area contributed by atoms with Crippen molar-refractivity contribution in [2.45, 2.75) is 32.8 Å². The first-order valence-corrected chi connectivity index (χ1v) is 7.30. The van der Waals surface area contributed by atoms with Gasteiger partial charge in [-0.15, -0.1) is 0 Å². The van der Waals surface area contributed by atoms with E-state index in [1.807, 2.05) is 38.1 Å². The molecule has 1 fully saturated rings. The van der Waals surface area contributed by atoms with E-state index in [-0.39, 0.29) is 17.9 Å². The second kappa shape index (κ2) is 6.75. The summed E-state index contributed by atoms with van der Waals surface area (Å²) in [6.45, 7) is 5.97. The SMILES string of the molecule is CC(C)Oc1cccc(NC(=O)C2CCN(C)CC2)c1. The zero-order valence-corrected chi connectivity index (χ0v) is 12.6. The topological polar surface area (TPSA) is 41.6 Å². The number of nitrogens with zero attached hydrogens (tertiary/aromatic N) is 1. The molecule has 1 aliphatic heterocycles. The minimum Gasteiger partial charge on any atom is -0.491 e. The molecule has 4 nitrogen and oxygen atoms in total. The number of hydrogen-bond donors (Lipinski definition) is 1. The van der Waals surface area contributed by atoms with Gasteiger partial charge in [-0.3, -0.25) is 4.79 Å². The van der Waals surface area contributed by atoms with Crippen LogP contribution in [0.1, 0.15) is 26.7 Å². The van der Waals surface area contributed by atoms with Crippen LogP contribution in [-0.4, -0.2) is 37.0 Å². The Morgan fingerprint density at radius 2 is 2.05 bits per heavy atom. The van der Waals surface area contributed by atoms with Crippen LogP contribution in [0.2, 0.25) is 0 Å². The maximum Gasteiger partial charge on any atom is 0.227 e. The van der Waals surface area contributed by atoms with Gasteiger partial charge in [0.1, 0.15) is 5.75 Å². The molecular formula is C16H24N2O2. The predicted octanol–water partition coefficient (Wildman–Crippen LogP) is 2.75. The van der Waals surface area contributed by atoms with Gasteiger partial charge in [0, 0.05) is 17.7 Å². The summed E-state index contributed by atoms with van der Waals surface area (Å²) in [4.78, 5) is 14.5. The van der Waals surface area contributed by atoms with Gasteiger partial charge in [-0.1, -0.05) is 6.07 Å². The fourth-order valence-corrected chi connectivity index (χ4v) is 2.43. The quantitative estimate of drug-likeness (QED) is 0.919. The Labute approximate surface area is 121 Å². The van der Waals surface area contributed by atoms with Crippen molar-refractivity contribution in [1.29, 1.82) is 0 Å². The van der Waals surface area contributed by atoms with E-state index >= 15 is 0 Å². The van der Waals surface area contributed by atoms with E-state index in [4.69, 9.17) is 4.74 Å². The average Bonchev–Trinajstić information content (AvgIpc) is 2.39. The molecule has 20 heavy (non-hydrogen) atoms. The minimum atomic E-state index is 0.125. The van der Waals surface area contributed by atoms with Crippen molar-refractivity contribution in [2.24, 2.45) is 5.92 Å². The van der Waals surface area contributed by atoms with E-state index in [1.165, 1.54) is 0 Å². The normalized spacial score (nSPS) is 17.2. The van der Waals surface area contributed by atoms with Crippen molar-refractivity contribution in [3.8, 4) is 5.75 Å². The van der Waals surface area contributed by atoms with Crippen molar-refractivity contribution in [3.63, 3.8) is 0 Å². The van der Waals surface area contributed by atoms with Crippen LogP contribution >= 0.6 is 0 Å². The van der Waals surface area contributed by atoms with Crippen molar-refractivity contribution in [2.75, 3.05) is 25.5 Å². The third kappa shape index (κ3) is 4.23. The molecule has 1 aromatic carbocycles. The van der Waals surface area contributed by atoms with Crippen LogP contribution in [0.3, 0.4) is 0 Å². The highest BCUT2D eigenvalue weighted by Gasteiger charge is 2.23. The van der Waals surface area contributed by atoms with E-state index < -0.39 is 0 Å². The van der Waals surface area contributed by atoms with Crippen LogP contribution in [0.25, 0.3) is 0 Å². The molecule has 110 valence electrons. The Kier molecular flexibility index (Phi) is 5.01. The second-order valence-electron chi connectivity index (χ2n) is 5.76. The molecule has 2 rings (SSSR count). The average molecular weight is 276 g/mol. The largest absolute Gasteiger partial charge is 0.491 e. The van der Waals surface area contributed by atoms with Crippen molar-refractivity contribution in [1.82, 2.24) is 4.90 Å². The summed E-state index contributed by atoms with van der Waals surface area (Å²) >= 11 is 0. The molecule has 0 spiro atoms. The van der Waals surface area contributed by atoms with E-state index in [0.717, 1.165) is 37.4 Å². The maximum atomic E-state index is 12.2. The molecule has 0 radical (unpaired) electrons. The molecule has 0 aliphatic carbocycles. The molecular weight excluding hydrogens is 252 g/mol. The zero-order valence-electron chi connectivity index (χ0n) is 12.6. The zero-order chi connectivity index (χ0) is 14.5. The van der Waals surface area contributed by atoms with Gasteiger partial charge in [0.15, 0.2) is 0 Å². The lowest BCUT2D eigenvalue weighted by atomic mass is 9.96. The number of rotatable bonds is 4. The van der Waals surface area contributed by atoms with Gasteiger partial charge in [-0.2, -0.15) is 0 Å². The van der Waals surface area contributed by atoms with Gasteiger partial charge in [-0.05, 0) is 59.0 Å². The van der Waals surface area contributed by atoms with Crippen LogP contribution in [0, 0.1) is 5.92 Å². The standard InChI is InChI=1S/C16H24N2O2/c1-12(2)20-15-6-4-5-14(11-15)17-16(19)13-7-9-18(3)10-8-13/h4-6,11-13H,7-10H2,1-3H3,(H,17,19). The summed E-state index contributed by atoms with van der Waals surface area (Å²) < 4.78 is 5.64. The molecule has 1 N–H and O–H groups in total. The molecule has 1 aromatic rings. The van der Waals surface area contributed by atoms with Crippen molar-refractivity contribution < 1.29 is 9.53 Å². The molecule has 0 aromatic heterocycles. The molecule has 0 bridgehead atoms. The van der Waals surface area contributed by atoms with Crippen LogP contribution in [0.5, 0.6) is 5.75 Å². The molecule has 0 saturated carbocycles. The molecule has 1 amide bonds. The van der Waals surface area contributed by atoms with Crippen LogP contribution in [-0.2, 0) is 4.79 Å². The number of anilines is 1. The Balaban J connectivity index is 1.93. The number of carbonyl (C=O) groups excluding carboxylic acids is 1. The molecule has 0 unspecified atom stereocenters. The Bertz CT molecular complexity index is 452. The number of amides is 1. The van der Waals surface area contributed by atoms with E-state index in [1.54, 1.807) is 0 Å². The summed E-state index contributed by atoms with van der Waals surface area (Å²) in [5.74, 6) is 1.04. The van der Waals surface area contributed by atoms with Crippen LogP contribution in [0.4, 0.5) is 5.69 Å². The van der Waals surface area contributed by atoms with Crippen LogP contribution < -0.4 is 10.1 Å². The fourth-order valence-electron chi connectivity index (χ4n) is 2.43. The first-order chi connectivity index (χ1) is 9.54. The second-order valence-corrected chi connectivity index (χ2v) is 5.76. The van der Waals surface area contributed by atoms with Gasteiger partial charge in [0.2, 0.25) is 5.91 Å². The highest BCUT2D eigenvalue weighted by Crippen LogP contribution is 2.21. The summed E-state index contributed by atoms with van der Waals surface area (Å²) in [5.41, 5.74) is 0.812. The van der Waals surface area contributed by atoms with Gasteiger partial charge in [-0.25, -0.2) is 0 Å². The number of carbonyl (C=O) groups is 1. The van der Waals surface area contributed by atoms with E-state index in [9.17, 15) is 4.79 Å². The summed E-state index contributed by atoms with van der Waals surface area (Å²) in [6.07, 6.45) is 2.00.